The average molecular weight is 284 g/mol. The van der Waals surface area contributed by atoms with E-state index in [1.807, 2.05) is 0 Å². The summed E-state index contributed by atoms with van der Waals surface area (Å²) in [6.45, 7) is 1.59. The Balaban J connectivity index is 1.83. The number of anilines is 1. The first-order valence-corrected chi connectivity index (χ1v) is 6.31. The molecule has 7 heteroatoms. The van der Waals surface area contributed by atoms with Gasteiger partial charge in [0.05, 0.1) is 17.2 Å². The molecule has 1 aromatic carbocycles. The number of hydrogen-bond donors (Lipinski definition) is 1. The lowest BCUT2D eigenvalue weighted by Gasteiger charge is -2.06. The third-order valence-electron chi connectivity index (χ3n) is 2.94. The number of carbonyl (C=O) groups excluding carboxylic acids is 1. The number of fused-ring (bicyclic) bond motifs is 1. The number of carbonyl (C=O) groups is 1. The summed E-state index contributed by atoms with van der Waals surface area (Å²) in [5.41, 5.74) is 0.346. The minimum atomic E-state index is -0.373. The number of amides is 1. The van der Waals surface area contributed by atoms with Crippen LogP contribution >= 0.6 is 0 Å². The van der Waals surface area contributed by atoms with Crippen LogP contribution in [0.25, 0.3) is 10.9 Å². The Hall–Kier alpha value is -2.96. The first kappa shape index (κ1) is 13.0. The van der Waals surface area contributed by atoms with Gasteiger partial charge in [-0.1, -0.05) is 17.3 Å². The summed E-state index contributed by atoms with van der Waals surface area (Å²) in [4.78, 5) is 28.3. The van der Waals surface area contributed by atoms with E-state index in [0.717, 1.165) is 0 Å². The summed E-state index contributed by atoms with van der Waals surface area (Å²) in [5, 5.41) is 6.69. The zero-order chi connectivity index (χ0) is 14.8. The number of aromatic nitrogens is 3. The molecule has 0 radical (unpaired) electrons. The van der Waals surface area contributed by atoms with Gasteiger partial charge in [-0.25, -0.2) is 4.98 Å². The van der Waals surface area contributed by atoms with Gasteiger partial charge in [0.1, 0.15) is 12.3 Å². The second-order valence-corrected chi connectivity index (χ2v) is 4.57. The molecule has 106 valence electrons. The summed E-state index contributed by atoms with van der Waals surface area (Å²) in [6, 6.07) is 8.59. The van der Waals surface area contributed by atoms with E-state index in [1.165, 1.54) is 10.9 Å². The monoisotopic (exact) mass is 284 g/mol. The molecule has 21 heavy (non-hydrogen) atoms. The third-order valence-corrected chi connectivity index (χ3v) is 2.94. The van der Waals surface area contributed by atoms with Gasteiger partial charge in [-0.3, -0.25) is 14.2 Å². The molecule has 0 spiro atoms. The van der Waals surface area contributed by atoms with Crippen molar-refractivity contribution in [3.05, 3.63) is 52.8 Å². The topological polar surface area (TPSA) is 90.0 Å². The maximum absolute atomic E-state index is 12.2. The standard InChI is InChI=1S/C14H12N4O3/c1-9-6-12(17-21-9)16-13(19)7-18-8-15-11-5-3-2-4-10(11)14(18)20/h2-6,8H,7H2,1H3,(H,16,17,19). The Morgan fingerprint density at radius 3 is 2.95 bits per heavy atom. The zero-order valence-electron chi connectivity index (χ0n) is 11.2. The van der Waals surface area contributed by atoms with Gasteiger partial charge in [0.25, 0.3) is 5.56 Å². The number of para-hydroxylation sites is 1. The largest absolute Gasteiger partial charge is 0.360 e. The minimum Gasteiger partial charge on any atom is -0.360 e. The number of hydrogen-bond acceptors (Lipinski definition) is 5. The van der Waals surface area contributed by atoms with Crippen molar-refractivity contribution in [2.45, 2.75) is 13.5 Å². The third kappa shape index (κ3) is 2.66. The molecule has 1 N–H and O–H groups in total. The Morgan fingerprint density at radius 2 is 2.19 bits per heavy atom. The number of rotatable bonds is 3. The van der Waals surface area contributed by atoms with Crippen molar-refractivity contribution in [3.63, 3.8) is 0 Å². The average Bonchev–Trinajstić information content (AvgIpc) is 2.87. The number of nitrogens with one attached hydrogen (secondary N) is 1. The van der Waals surface area contributed by atoms with Crippen LogP contribution in [0.4, 0.5) is 5.82 Å². The van der Waals surface area contributed by atoms with E-state index in [0.29, 0.717) is 22.5 Å². The van der Waals surface area contributed by atoms with Gasteiger partial charge >= 0.3 is 0 Å². The van der Waals surface area contributed by atoms with Crippen molar-refractivity contribution >= 4 is 22.6 Å². The van der Waals surface area contributed by atoms with Crippen molar-refractivity contribution in [2.24, 2.45) is 0 Å². The lowest BCUT2D eigenvalue weighted by atomic mass is 10.2. The Morgan fingerprint density at radius 1 is 1.38 bits per heavy atom. The van der Waals surface area contributed by atoms with Crippen LogP contribution in [0.1, 0.15) is 5.76 Å². The first-order valence-electron chi connectivity index (χ1n) is 6.31. The summed E-state index contributed by atoms with van der Waals surface area (Å²) in [5.74, 6) is 0.539. The fourth-order valence-electron chi connectivity index (χ4n) is 1.98. The molecule has 0 saturated carbocycles. The first-order chi connectivity index (χ1) is 10.1. The quantitative estimate of drug-likeness (QED) is 0.783. The number of nitrogens with zero attached hydrogens (tertiary/aromatic N) is 3. The van der Waals surface area contributed by atoms with E-state index in [2.05, 4.69) is 15.5 Å². The van der Waals surface area contributed by atoms with E-state index in [-0.39, 0.29) is 18.0 Å². The van der Waals surface area contributed by atoms with Gasteiger partial charge in [0.15, 0.2) is 5.82 Å². The Kier molecular flexibility index (Phi) is 3.23. The molecular weight excluding hydrogens is 272 g/mol. The smallest absolute Gasteiger partial charge is 0.261 e. The van der Waals surface area contributed by atoms with E-state index >= 15 is 0 Å². The highest BCUT2D eigenvalue weighted by molar-refractivity contribution is 5.89. The van der Waals surface area contributed by atoms with Crippen molar-refractivity contribution in [1.29, 1.82) is 0 Å². The van der Waals surface area contributed by atoms with Crippen LogP contribution < -0.4 is 10.9 Å². The molecule has 0 aliphatic carbocycles. The number of aryl methyl sites for hydroxylation is 1. The predicted molar refractivity (Wildman–Crippen MR) is 75.9 cm³/mol. The molecule has 0 unspecified atom stereocenters. The van der Waals surface area contributed by atoms with Crippen molar-refractivity contribution < 1.29 is 9.32 Å². The lowest BCUT2D eigenvalue weighted by Crippen LogP contribution is -2.27. The molecule has 3 rings (SSSR count). The molecule has 0 aliphatic heterocycles. The predicted octanol–water partition coefficient (Wildman–Crippen LogP) is 1.33. The van der Waals surface area contributed by atoms with Crippen molar-refractivity contribution in [3.8, 4) is 0 Å². The van der Waals surface area contributed by atoms with Gasteiger partial charge in [-0.15, -0.1) is 0 Å². The van der Waals surface area contributed by atoms with Crippen LogP contribution in [0.3, 0.4) is 0 Å². The van der Waals surface area contributed by atoms with Gasteiger partial charge < -0.3 is 9.84 Å². The lowest BCUT2D eigenvalue weighted by molar-refractivity contribution is -0.116. The zero-order valence-corrected chi connectivity index (χ0v) is 11.2. The van der Waals surface area contributed by atoms with E-state index in [1.54, 1.807) is 37.3 Å². The highest BCUT2D eigenvalue weighted by Gasteiger charge is 2.09. The van der Waals surface area contributed by atoms with Crippen LogP contribution in [0.5, 0.6) is 0 Å². The Labute approximate surface area is 119 Å². The fourth-order valence-corrected chi connectivity index (χ4v) is 1.98. The molecule has 2 aromatic heterocycles. The maximum atomic E-state index is 12.2. The normalized spacial score (nSPS) is 10.7. The maximum Gasteiger partial charge on any atom is 0.261 e. The van der Waals surface area contributed by atoms with Crippen molar-refractivity contribution in [2.75, 3.05) is 5.32 Å². The van der Waals surface area contributed by atoms with Gasteiger partial charge in [0, 0.05) is 6.07 Å². The molecule has 7 nitrogen and oxygen atoms in total. The second-order valence-electron chi connectivity index (χ2n) is 4.57. The highest BCUT2D eigenvalue weighted by Crippen LogP contribution is 2.07. The highest BCUT2D eigenvalue weighted by atomic mass is 16.5. The number of benzene rings is 1. The van der Waals surface area contributed by atoms with Gasteiger partial charge in [-0.05, 0) is 19.1 Å². The minimum absolute atomic E-state index is 0.136. The summed E-state index contributed by atoms with van der Waals surface area (Å²) in [6.07, 6.45) is 1.36. The molecule has 2 heterocycles. The van der Waals surface area contributed by atoms with Gasteiger partial charge in [0.2, 0.25) is 5.91 Å². The molecule has 0 saturated heterocycles. The molecule has 0 atom stereocenters. The molecular formula is C14H12N4O3. The van der Waals surface area contributed by atoms with E-state index < -0.39 is 0 Å². The fraction of sp³-hybridized carbons (Fsp3) is 0.143. The van der Waals surface area contributed by atoms with Crippen LogP contribution in [0.2, 0.25) is 0 Å². The molecule has 3 aromatic rings. The molecule has 1 amide bonds. The van der Waals surface area contributed by atoms with E-state index in [4.69, 9.17) is 4.52 Å². The summed E-state index contributed by atoms with van der Waals surface area (Å²) in [7, 11) is 0. The molecule has 0 fully saturated rings. The van der Waals surface area contributed by atoms with Crippen LogP contribution in [-0.2, 0) is 11.3 Å². The van der Waals surface area contributed by atoms with Crippen LogP contribution in [-0.4, -0.2) is 20.6 Å². The van der Waals surface area contributed by atoms with E-state index in [9.17, 15) is 9.59 Å². The van der Waals surface area contributed by atoms with Crippen LogP contribution in [0, 0.1) is 6.92 Å². The SMILES string of the molecule is Cc1cc(NC(=O)Cn2cnc3ccccc3c2=O)no1. The molecule has 0 bridgehead atoms. The van der Waals surface area contributed by atoms with Crippen molar-refractivity contribution in [1.82, 2.24) is 14.7 Å². The summed E-state index contributed by atoms with van der Waals surface area (Å²) >= 11 is 0. The second kappa shape index (κ2) is 5.20. The van der Waals surface area contributed by atoms with Gasteiger partial charge in [-0.2, -0.15) is 0 Å². The Bertz CT molecular complexity index is 866. The summed E-state index contributed by atoms with van der Waals surface area (Å²) < 4.78 is 6.11. The molecule has 0 aliphatic rings. The van der Waals surface area contributed by atoms with Crippen LogP contribution in [0.15, 0.2) is 46.0 Å².